The first kappa shape index (κ1) is 19.4. The Morgan fingerprint density at radius 3 is 2.46 bits per heavy atom. The molecule has 0 aromatic rings. The molecular formula is C22H40O3Si. The molecule has 0 heterocycles. The second-order valence-corrected chi connectivity index (χ2v) is 15.8. The molecule has 0 aromatic carbocycles. The van der Waals surface area contributed by atoms with Crippen LogP contribution in [0, 0.1) is 34.5 Å². The molecule has 4 aliphatic carbocycles. The molecule has 4 rings (SSSR count). The van der Waals surface area contributed by atoms with E-state index in [2.05, 4.69) is 26.6 Å². The Bertz CT molecular complexity index is 532. The maximum Gasteiger partial charge on any atom is 0.187 e. The molecule has 4 saturated carbocycles. The number of aliphatic hydroxyl groups excluding tert-OH is 2. The lowest BCUT2D eigenvalue weighted by Gasteiger charge is -2.62. The van der Waals surface area contributed by atoms with Gasteiger partial charge in [-0.1, -0.05) is 13.3 Å². The van der Waals surface area contributed by atoms with Gasteiger partial charge in [-0.25, -0.2) is 0 Å². The van der Waals surface area contributed by atoms with Crippen LogP contribution in [0.3, 0.4) is 0 Å². The third-order valence-corrected chi connectivity index (χ3v) is 9.84. The molecule has 8 atom stereocenters. The second kappa shape index (κ2) is 6.57. The fraction of sp³-hybridized carbons (Fsp3) is 1.00. The highest BCUT2D eigenvalue weighted by Gasteiger charge is 2.62. The van der Waals surface area contributed by atoms with Crippen molar-refractivity contribution in [1.82, 2.24) is 0 Å². The molecule has 4 fully saturated rings. The van der Waals surface area contributed by atoms with Gasteiger partial charge in [-0.3, -0.25) is 0 Å². The van der Waals surface area contributed by atoms with Crippen LogP contribution in [0.5, 0.6) is 0 Å². The maximum atomic E-state index is 11.5. The third kappa shape index (κ3) is 3.03. The Kier molecular flexibility index (Phi) is 4.91. The van der Waals surface area contributed by atoms with E-state index in [1.807, 2.05) is 0 Å². The van der Waals surface area contributed by atoms with Crippen molar-refractivity contribution in [2.24, 2.45) is 34.5 Å². The molecule has 0 spiro atoms. The number of fused-ring (bicyclic) bond motifs is 5. The molecule has 0 bridgehead atoms. The monoisotopic (exact) mass is 380 g/mol. The lowest BCUT2D eigenvalue weighted by atomic mass is 9.44. The molecule has 26 heavy (non-hydrogen) atoms. The first-order valence-electron chi connectivity index (χ1n) is 11.2. The van der Waals surface area contributed by atoms with E-state index in [1.54, 1.807) is 0 Å². The van der Waals surface area contributed by atoms with Crippen molar-refractivity contribution in [2.45, 2.75) is 103 Å². The summed E-state index contributed by atoms with van der Waals surface area (Å²) in [6.45, 7) is 9.11. The lowest BCUT2D eigenvalue weighted by Crippen LogP contribution is -2.61. The van der Waals surface area contributed by atoms with E-state index in [9.17, 15) is 10.2 Å². The minimum atomic E-state index is -1.81. The summed E-state index contributed by atoms with van der Waals surface area (Å²) in [5, 5.41) is 21.8. The van der Waals surface area contributed by atoms with Crippen LogP contribution in [0.15, 0.2) is 0 Å². The molecule has 0 radical (unpaired) electrons. The fourth-order valence-electron chi connectivity index (χ4n) is 7.86. The molecule has 3 nitrogen and oxygen atoms in total. The molecular weight excluding hydrogens is 340 g/mol. The van der Waals surface area contributed by atoms with Crippen LogP contribution in [0.4, 0.5) is 0 Å². The van der Waals surface area contributed by atoms with Gasteiger partial charge < -0.3 is 14.6 Å². The van der Waals surface area contributed by atoms with Gasteiger partial charge in [-0.15, -0.1) is 0 Å². The van der Waals surface area contributed by atoms with Crippen molar-refractivity contribution in [2.75, 3.05) is 0 Å². The summed E-state index contributed by atoms with van der Waals surface area (Å²) in [4.78, 5) is 0. The summed E-state index contributed by atoms with van der Waals surface area (Å²) < 4.78 is 6.37. The zero-order chi connectivity index (χ0) is 18.7. The van der Waals surface area contributed by atoms with E-state index in [0.717, 1.165) is 31.1 Å². The van der Waals surface area contributed by atoms with Crippen molar-refractivity contribution in [3.05, 3.63) is 0 Å². The summed E-state index contributed by atoms with van der Waals surface area (Å²) in [5.74, 6) is 2.65. The summed E-state index contributed by atoms with van der Waals surface area (Å²) in [5.41, 5.74) is 0.445. The zero-order valence-corrected chi connectivity index (χ0v) is 18.3. The van der Waals surface area contributed by atoms with E-state index in [-0.39, 0.29) is 11.5 Å². The Hall–Kier alpha value is 0.0969. The van der Waals surface area contributed by atoms with Gasteiger partial charge in [0, 0.05) is 5.41 Å². The van der Waals surface area contributed by atoms with Crippen LogP contribution in [-0.2, 0) is 4.43 Å². The van der Waals surface area contributed by atoms with E-state index in [1.165, 1.54) is 44.9 Å². The average molecular weight is 381 g/mol. The van der Waals surface area contributed by atoms with Crippen molar-refractivity contribution < 1.29 is 14.6 Å². The molecule has 0 aromatic heterocycles. The van der Waals surface area contributed by atoms with Gasteiger partial charge in [0.2, 0.25) is 0 Å². The summed E-state index contributed by atoms with van der Waals surface area (Å²) in [6, 6.07) is 0. The molecule has 2 N–H and O–H groups in total. The van der Waals surface area contributed by atoms with Gasteiger partial charge in [0.25, 0.3) is 0 Å². The normalized spacial score (nSPS) is 49.8. The number of hydrogen-bond donors (Lipinski definition) is 2. The Labute approximate surface area is 161 Å². The number of aliphatic hydroxyl groups is 2. The van der Waals surface area contributed by atoms with Crippen LogP contribution >= 0.6 is 0 Å². The molecule has 4 heteroatoms. The third-order valence-electron chi connectivity index (χ3n) is 8.91. The topological polar surface area (TPSA) is 49.7 Å². The molecule has 150 valence electrons. The molecule has 0 aliphatic heterocycles. The first-order chi connectivity index (χ1) is 12.2. The van der Waals surface area contributed by atoms with Gasteiger partial charge in [0.1, 0.15) is 0 Å². The summed E-state index contributed by atoms with van der Waals surface area (Å²) in [6.07, 6.45) is 11.1. The Morgan fingerprint density at radius 2 is 1.73 bits per heavy atom. The van der Waals surface area contributed by atoms with Crippen molar-refractivity contribution in [1.29, 1.82) is 0 Å². The van der Waals surface area contributed by atoms with Crippen LogP contribution in [0.1, 0.15) is 71.1 Å². The highest BCUT2D eigenvalue weighted by molar-refractivity contribution is 6.69. The van der Waals surface area contributed by atoms with Crippen molar-refractivity contribution in [3.63, 3.8) is 0 Å². The van der Waals surface area contributed by atoms with E-state index >= 15 is 0 Å². The van der Waals surface area contributed by atoms with Gasteiger partial charge in [-0.05, 0) is 107 Å². The van der Waals surface area contributed by atoms with Crippen LogP contribution in [-0.4, -0.2) is 30.9 Å². The molecule has 0 amide bonds. The van der Waals surface area contributed by atoms with Crippen molar-refractivity contribution >= 4 is 8.32 Å². The van der Waals surface area contributed by atoms with Crippen LogP contribution in [0.2, 0.25) is 19.6 Å². The number of rotatable bonds is 3. The minimum absolute atomic E-state index is 0.105. The van der Waals surface area contributed by atoms with E-state index in [0.29, 0.717) is 17.3 Å². The Balaban J connectivity index is 1.68. The van der Waals surface area contributed by atoms with Crippen molar-refractivity contribution in [3.8, 4) is 0 Å². The quantitative estimate of drug-likeness (QED) is 0.539. The Morgan fingerprint density at radius 1 is 0.962 bits per heavy atom. The number of hydrogen-bond acceptors (Lipinski definition) is 3. The fourth-order valence-corrected chi connectivity index (χ4v) is 8.75. The first-order valence-corrected chi connectivity index (χ1v) is 14.6. The van der Waals surface area contributed by atoms with E-state index in [4.69, 9.17) is 4.43 Å². The predicted octanol–water partition coefficient (Wildman–Crippen LogP) is 4.93. The SMILES string of the molecule is C[C@@]12CCC[C@H]1[C@@H]1CC[C@H]3C[C@@H](O)CC[C@]3([C@H](O)O[Si](C)(C)C)[C@H]1CC2. The molecule has 4 aliphatic rings. The van der Waals surface area contributed by atoms with Gasteiger partial charge >= 0.3 is 0 Å². The van der Waals surface area contributed by atoms with E-state index < -0.39 is 14.6 Å². The summed E-state index contributed by atoms with van der Waals surface area (Å²) in [7, 11) is -1.81. The summed E-state index contributed by atoms with van der Waals surface area (Å²) >= 11 is 0. The standard InChI is InChI=1S/C22H40O3Si/c1-21-11-5-6-18(21)17-8-7-15-14-16(23)9-13-22(15,19(17)10-12-21)20(24)25-26(2,3)4/h15-20,23-24H,5-14H2,1-4H3/t15-,16-,17-,18-,19-,20+,21-,22+/m0/s1. The largest absolute Gasteiger partial charge is 0.393 e. The van der Waals surface area contributed by atoms with Crippen LogP contribution < -0.4 is 0 Å². The molecule has 0 saturated heterocycles. The molecule has 0 unspecified atom stereocenters. The maximum absolute atomic E-state index is 11.5. The van der Waals surface area contributed by atoms with Crippen LogP contribution in [0.25, 0.3) is 0 Å². The second-order valence-electron chi connectivity index (χ2n) is 11.4. The highest BCUT2D eigenvalue weighted by atomic mass is 28.4. The predicted molar refractivity (Wildman–Crippen MR) is 107 cm³/mol. The smallest absolute Gasteiger partial charge is 0.187 e. The lowest BCUT2D eigenvalue weighted by molar-refractivity contribution is -0.236. The minimum Gasteiger partial charge on any atom is -0.393 e. The van der Waals surface area contributed by atoms with Gasteiger partial charge in [-0.2, -0.15) is 0 Å². The van der Waals surface area contributed by atoms with Gasteiger partial charge in [0.15, 0.2) is 14.6 Å². The average Bonchev–Trinajstić information content (AvgIpc) is 2.94. The van der Waals surface area contributed by atoms with Gasteiger partial charge in [0.05, 0.1) is 6.10 Å². The highest BCUT2D eigenvalue weighted by Crippen LogP contribution is 2.67. The zero-order valence-electron chi connectivity index (χ0n) is 17.3.